The second-order valence-corrected chi connectivity index (χ2v) is 4.80. The molecule has 1 aromatic carbocycles. The number of carbonyl (C=O) groups is 1. The van der Waals surface area contributed by atoms with Gasteiger partial charge in [-0.3, -0.25) is 14.9 Å². The Kier molecular flexibility index (Phi) is 2.51. The number of nitro groups is 1. The smallest absolute Gasteiger partial charge is 0.270 e. The van der Waals surface area contributed by atoms with E-state index in [0.717, 1.165) is 29.3 Å². The van der Waals surface area contributed by atoms with Crippen molar-refractivity contribution in [3.05, 3.63) is 39.6 Å². The Labute approximate surface area is 109 Å². The van der Waals surface area contributed by atoms with Crippen LogP contribution in [0.3, 0.4) is 0 Å². The van der Waals surface area contributed by atoms with E-state index in [1.54, 1.807) is 24.1 Å². The SMILES string of the molecule is CN1CCCc2c([nH]c3ccc([N+](=O)[O-])cc23)C1=O. The van der Waals surface area contributed by atoms with E-state index < -0.39 is 4.92 Å². The van der Waals surface area contributed by atoms with Crippen LogP contribution in [0.4, 0.5) is 5.69 Å². The molecule has 0 aliphatic carbocycles. The molecule has 2 aromatic rings. The maximum absolute atomic E-state index is 12.2. The average molecular weight is 259 g/mol. The minimum atomic E-state index is -0.413. The summed E-state index contributed by atoms with van der Waals surface area (Å²) in [5.74, 6) is -0.0497. The molecule has 1 N–H and O–H groups in total. The van der Waals surface area contributed by atoms with Crippen LogP contribution in [-0.4, -0.2) is 34.3 Å². The molecule has 0 spiro atoms. The van der Waals surface area contributed by atoms with Crippen molar-refractivity contribution in [3.63, 3.8) is 0 Å². The van der Waals surface area contributed by atoms with Crippen LogP contribution in [0.25, 0.3) is 10.9 Å². The minimum Gasteiger partial charge on any atom is -0.350 e. The van der Waals surface area contributed by atoms with Crippen LogP contribution >= 0.6 is 0 Å². The summed E-state index contributed by atoms with van der Waals surface area (Å²) in [5.41, 5.74) is 2.29. The molecule has 1 aliphatic rings. The molecule has 3 rings (SSSR count). The first kappa shape index (κ1) is 11.7. The van der Waals surface area contributed by atoms with Gasteiger partial charge in [0.25, 0.3) is 11.6 Å². The van der Waals surface area contributed by atoms with Gasteiger partial charge in [0.05, 0.1) is 4.92 Å². The number of hydrogen-bond acceptors (Lipinski definition) is 3. The monoisotopic (exact) mass is 259 g/mol. The van der Waals surface area contributed by atoms with Gasteiger partial charge in [-0.25, -0.2) is 0 Å². The number of nitrogens with one attached hydrogen (secondary N) is 1. The van der Waals surface area contributed by atoms with Crippen molar-refractivity contribution in [1.82, 2.24) is 9.88 Å². The lowest BCUT2D eigenvalue weighted by Crippen LogP contribution is -2.26. The van der Waals surface area contributed by atoms with Crippen molar-refractivity contribution in [2.75, 3.05) is 13.6 Å². The summed E-state index contributed by atoms with van der Waals surface area (Å²) in [4.78, 5) is 27.4. The number of aryl methyl sites for hydroxylation is 1. The fraction of sp³-hybridized carbons (Fsp3) is 0.308. The van der Waals surface area contributed by atoms with Gasteiger partial charge >= 0.3 is 0 Å². The number of carbonyl (C=O) groups excluding carboxylic acids is 1. The zero-order valence-corrected chi connectivity index (χ0v) is 10.5. The molecule has 6 nitrogen and oxygen atoms in total. The summed E-state index contributed by atoms with van der Waals surface area (Å²) in [6, 6.07) is 4.66. The highest BCUT2D eigenvalue weighted by Gasteiger charge is 2.24. The topological polar surface area (TPSA) is 79.2 Å². The molecule has 1 aliphatic heterocycles. The highest BCUT2D eigenvalue weighted by Crippen LogP contribution is 2.29. The molecule has 19 heavy (non-hydrogen) atoms. The molecule has 0 unspecified atom stereocenters. The number of amides is 1. The van der Waals surface area contributed by atoms with Crippen LogP contribution in [0, 0.1) is 10.1 Å². The van der Waals surface area contributed by atoms with Crippen molar-refractivity contribution in [3.8, 4) is 0 Å². The summed E-state index contributed by atoms with van der Waals surface area (Å²) in [6.45, 7) is 0.706. The predicted octanol–water partition coefficient (Wildman–Crippen LogP) is 2.09. The maximum Gasteiger partial charge on any atom is 0.270 e. The van der Waals surface area contributed by atoms with E-state index in [1.165, 1.54) is 6.07 Å². The van der Waals surface area contributed by atoms with Gasteiger partial charge in [0.15, 0.2) is 0 Å². The molecule has 0 saturated carbocycles. The summed E-state index contributed by atoms with van der Waals surface area (Å²) < 4.78 is 0. The summed E-state index contributed by atoms with van der Waals surface area (Å²) in [6.07, 6.45) is 1.62. The molecular formula is C13H13N3O3. The van der Waals surface area contributed by atoms with Crippen LogP contribution in [-0.2, 0) is 6.42 Å². The fourth-order valence-electron chi connectivity index (χ4n) is 2.58. The third-order valence-corrected chi connectivity index (χ3v) is 3.58. The van der Waals surface area contributed by atoms with Gasteiger partial charge in [-0.1, -0.05) is 0 Å². The van der Waals surface area contributed by atoms with Crippen LogP contribution in [0.15, 0.2) is 18.2 Å². The van der Waals surface area contributed by atoms with Gasteiger partial charge in [0.1, 0.15) is 5.69 Å². The molecule has 98 valence electrons. The number of aromatic nitrogens is 1. The first-order chi connectivity index (χ1) is 9.08. The zero-order chi connectivity index (χ0) is 13.6. The summed E-state index contributed by atoms with van der Waals surface area (Å²) in [7, 11) is 1.77. The summed E-state index contributed by atoms with van der Waals surface area (Å²) in [5, 5.41) is 11.6. The first-order valence-corrected chi connectivity index (χ1v) is 6.12. The Hall–Kier alpha value is -2.37. The normalized spacial score (nSPS) is 15.4. The molecule has 0 fully saturated rings. The number of aromatic amines is 1. The van der Waals surface area contributed by atoms with E-state index in [4.69, 9.17) is 0 Å². The molecule has 0 saturated heterocycles. The zero-order valence-electron chi connectivity index (χ0n) is 10.5. The predicted molar refractivity (Wildman–Crippen MR) is 70.2 cm³/mol. The highest BCUT2D eigenvalue weighted by atomic mass is 16.6. The molecule has 2 heterocycles. The number of non-ortho nitro benzene ring substituents is 1. The van der Waals surface area contributed by atoms with Crippen molar-refractivity contribution >= 4 is 22.5 Å². The number of benzene rings is 1. The quantitative estimate of drug-likeness (QED) is 0.629. The van der Waals surface area contributed by atoms with Gasteiger partial charge in [-0.15, -0.1) is 0 Å². The Bertz CT molecular complexity index is 690. The maximum atomic E-state index is 12.2. The van der Waals surface area contributed by atoms with Crippen molar-refractivity contribution in [2.24, 2.45) is 0 Å². The third-order valence-electron chi connectivity index (χ3n) is 3.58. The third kappa shape index (κ3) is 1.76. The van der Waals surface area contributed by atoms with Crippen molar-refractivity contribution in [1.29, 1.82) is 0 Å². The molecule has 6 heteroatoms. The average Bonchev–Trinajstić information content (AvgIpc) is 2.69. The van der Waals surface area contributed by atoms with Crippen LogP contribution in [0.2, 0.25) is 0 Å². The number of H-pyrrole nitrogens is 1. The largest absolute Gasteiger partial charge is 0.350 e. The molecule has 0 bridgehead atoms. The number of fused-ring (bicyclic) bond motifs is 3. The van der Waals surface area contributed by atoms with E-state index >= 15 is 0 Å². The van der Waals surface area contributed by atoms with E-state index in [0.29, 0.717) is 12.2 Å². The van der Waals surface area contributed by atoms with Gasteiger partial charge in [-0.05, 0) is 24.5 Å². The molecular weight excluding hydrogens is 246 g/mol. The number of nitrogens with zero attached hydrogens (tertiary/aromatic N) is 2. The number of rotatable bonds is 1. The highest BCUT2D eigenvalue weighted by molar-refractivity contribution is 6.01. The Morgan fingerprint density at radius 1 is 1.42 bits per heavy atom. The fourth-order valence-corrected chi connectivity index (χ4v) is 2.58. The molecule has 0 atom stereocenters. The van der Waals surface area contributed by atoms with Crippen molar-refractivity contribution < 1.29 is 9.72 Å². The lowest BCUT2D eigenvalue weighted by Gasteiger charge is -2.12. The second-order valence-electron chi connectivity index (χ2n) is 4.80. The Balaban J connectivity index is 2.24. The van der Waals surface area contributed by atoms with Crippen LogP contribution < -0.4 is 0 Å². The van der Waals surface area contributed by atoms with E-state index in [1.807, 2.05) is 0 Å². The van der Waals surface area contributed by atoms with Gasteiger partial charge < -0.3 is 9.88 Å². The van der Waals surface area contributed by atoms with Crippen LogP contribution in [0.5, 0.6) is 0 Å². The molecule has 1 aromatic heterocycles. The van der Waals surface area contributed by atoms with Gasteiger partial charge in [-0.2, -0.15) is 0 Å². The standard InChI is InChI=1S/C13H13N3O3/c1-15-6-2-3-9-10-7-8(16(18)19)4-5-11(10)14-12(9)13(15)17/h4-5,7,14H,2-3,6H2,1H3. The Morgan fingerprint density at radius 2 is 2.21 bits per heavy atom. The first-order valence-electron chi connectivity index (χ1n) is 6.12. The molecule has 0 radical (unpaired) electrons. The lowest BCUT2D eigenvalue weighted by molar-refractivity contribution is -0.384. The second kappa shape index (κ2) is 4.08. The van der Waals surface area contributed by atoms with Gasteiger partial charge in [0.2, 0.25) is 0 Å². The minimum absolute atomic E-state index is 0.0497. The molecule has 1 amide bonds. The van der Waals surface area contributed by atoms with E-state index in [-0.39, 0.29) is 11.6 Å². The van der Waals surface area contributed by atoms with Crippen LogP contribution in [0.1, 0.15) is 22.5 Å². The number of nitro benzene ring substituents is 1. The Morgan fingerprint density at radius 3 is 2.95 bits per heavy atom. The van der Waals surface area contributed by atoms with E-state index in [2.05, 4.69) is 4.98 Å². The summed E-state index contributed by atoms with van der Waals surface area (Å²) >= 11 is 0. The van der Waals surface area contributed by atoms with Crippen molar-refractivity contribution in [2.45, 2.75) is 12.8 Å². The van der Waals surface area contributed by atoms with E-state index in [9.17, 15) is 14.9 Å². The lowest BCUT2D eigenvalue weighted by atomic mass is 10.1. The van der Waals surface area contributed by atoms with Gasteiger partial charge in [0, 0.05) is 36.6 Å². The number of hydrogen-bond donors (Lipinski definition) is 1.